The van der Waals surface area contributed by atoms with Gasteiger partial charge in [0, 0.05) is 77.5 Å². The van der Waals surface area contributed by atoms with Crippen LogP contribution in [0.5, 0.6) is 0 Å². The average Bonchev–Trinajstić information content (AvgIpc) is 3.09. The molecular formula is C36H83N11. The molecule has 5 rings (SSSR count). The number of piperidine rings is 3. The summed E-state index contributed by atoms with van der Waals surface area (Å²) in [6.45, 7) is 21.0. The molecule has 11 heteroatoms. The van der Waals surface area contributed by atoms with Crippen LogP contribution in [0.2, 0.25) is 0 Å². The van der Waals surface area contributed by atoms with E-state index in [0.717, 1.165) is 24.5 Å². The van der Waals surface area contributed by atoms with Crippen molar-refractivity contribution in [3.8, 4) is 0 Å². The predicted octanol–water partition coefficient (Wildman–Crippen LogP) is 0.464. The van der Waals surface area contributed by atoms with Crippen LogP contribution < -0.4 is 21.3 Å². The molecule has 5 aliphatic heterocycles. The van der Waals surface area contributed by atoms with Crippen molar-refractivity contribution in [3.05, 3.63) is 0 Å². The lowest BCUT2D eigenvalue weighted by Gasteiger charge is -2.32. The first-order valence-corrected chi connectivity index (χ1v) is 19.1. The molecule has 0 aromatic heterocycles. The van der Waals surface area contributed by atoms with Gasteiger partial charge in [-0.1, -0.05) is 0 Å². The van der Waals surface area contributed by atoms with Gasteiger partial charge in [-0.25, -0.2) is 0 Å². The minimum atomic E-state index is 0.779. The van der Waals surface area contributed by atoms with E-state index in [1.165, 1.54) is 143 Å². The van der Waals surface area contributed by atoms with Crippen LogP contribution in [-0.2, 0) is 0 Å². The summed E-state index contributed by atoms with van der Waals surface area (Å²) in [5.74, 6) is 0.932. The molecule has 4 N–H and O–H groups in total. The van der Waals surface area contributed by atoms with E-state index in [-0.39, 0.29) is 0 Å². The van der Waals surface area contributed by atoms with Crippen LogP contribution >= 0.6 is 0 Å². The van der Waals surface area contributed by atoms with E-state index in [2.05, 4.69) is 112 Å². The van der Waals surface area contributed by atoms with Crippen molar-refractivity contribution in [1.82, 2.24) is 55.6 Å². The molecule has 5 heterocycles. The first-order chi connectivity index (χ1) is 22.6. The molecule has 47 heavy (non-hydrogen) atoms. The zero-order chi connectivity index (χ0) is 34.9. The fourth-order valence-electron chi connectivity index (χ4n) is 6.40. The van der Waals surface area contributed by atoms with E-state index >= 15 is 0 Å². The number of nitrogens with one attached hydrogen (secondary N) is 4. The Balaban J connectivity index is 0.000000295. The number of nitrogens with zero attached hydrogens (tertiary/aromatic N) is 7. The fraction of sp³-hybridized carbons (Fsp3) is 1.00. The molecule has 5 saturated heterocycles. The van der Waals surface area contributed by atoms with Gasteiger partial charge >= 0.3 is 0 Å². The van der Waals surface area contributed by atoms with Gasteiger partial charge in [0.05, 0.1) is 0 Å². The van der Waals surface area contributed by atoms with Crippen LogP contribution in [0, 0.1) is 5.92 Å². The van der Waals surface area contributed by atoms with E-state index in [9.17, 15) is 0 Å². The predicted molar refractivity (Wildman–Crippen MR) is 206 cm³/mol. The summed E-state index contributed by atoms with van der Waals surface area (Å²) in [7, 11) is 21.3. The van der Waals surface area contributed by atoms with Gasteiger partial charge in [-0.3, -0.25) is 4.90 Å². The van der Waals surface area contributed by atoms with Crippen molar-refractivity contribution < 1.29 is 0 Å². The SMILES string of the molecule is CN1CCN(C)CC1.CNC1CCN(C)CC1.CNC1CCN(C)CC1.CNCC1CCN(C)CC1.CNCCN1CCN(C)CC1. The summed E-state index contributed by atoms with van der Waals surface area (Å²) in [5.41, 5.74) is 0. The molecule has 0 spiro atoms. The Morgan fingerprint density at radius 2 is 0.723 bits per heavy atom. The highest BCUT2D eigenvalue weighted by Crippen LogP contribution is 2.14. The second kappa shape index (κ2) is 28.3. The number of piperazine rings is 2. The third-order valence-electron chi connectivity index (χ3n) is 10.6. The highest BCUT2D eigenvalue weighted by atomic mass is 15.2. The Kier molecular flexibility index (Phi) is 26.8. The van der Waals surface area contributed by atoms with Crippen molar-refractivity contribution in [3.63, 3.8) is 0 Å². The molecule has 11 nitrogen and oxygen atoms in total. The summed E-state index contributed by atoms with van der Waals surface area (Å²) in [4.78, 5) is 16.8. The molecule has 5 aliphatic rings. The first-order valence-electron chi connectivity index (χ1n) is 19.1. The van der Waals surface area contributed by atoms with E-state index in [1.54, 1.807) is 0 Å². The van der Waals surface area contributed by atoms with Gasteiger partial charge in [-0.2, -0.15) is 0 Å². The molecule has 0 unspecified atom stereocenters. The minimum Gasteiger partial charge on any atom is -0.319 e. The first kappa shape index (κ1) is 44.6. The van der Waals surface area contributed by atoms with Crippen LogP contribution in [0.1, 0.15) is 38.5 Å². The maximum absolute atomic E-state index is 3.30. The van der Waals surface area contributed by atoms with Gasteiger partial charge < -0.3 is 50.7 Å². The van der Waals surface area contributed by atoms with Crippen molar-refractivity contribution in [2.75, 3.05) is 182 Å². The van der Waals surface area contributed by atoms with Crippen LogP contribution in [0.3, 0.4) is 0 Å². The molecule has 0 bridgehead atoms. The van der Waals surface area contributed by atoms with Crippen molar-refractivity contribution >= 4 is 0 Å². The Labute approximate surface area is 293 Å². The monoisotopic (exact) mass is 670 g/mol. The van der Waals surface area contributed by atoms with E-state index in [1.807, 2.05) is 14.1 Å². The van der Waals surface area contributed by atoms with Gasteiger partial charge in [-0.05, 0) is 161 Å². The lowest BCUT2D eigenvalue weighted by Crippen LogP contribution is -2.46. The maximum Gasteiger partial charge on any atom is 0.0110 e. The standard InChI is InChI=1S/C8H19N3.C8H18N2.2C7H16N2.C6H14N2/c1-9-3-4-11-7-5-10(2)6-8-11;1-9-7-8-3-5-10(2)6-4-8;2*1-8-7-3-5-9(2)6-4-7;1-7-3-5-8(2)6-4-7/h9H,3-8H2,1-2H3;8-9H,3-7H2,1-2H3;2*7-8H,3-6H2,1-2H3;3-6H2,1-2H3. The van der Waals surface area contributed by atoms with E-state index in [0.29, 0.717) is 0 Å². The Morgan fingerprint density at radius 1 is 0.404 bits per heavy atom. The third kappa shape index (κ3) is 23.6. The summed E-state index contributed by atoms with van der Waals surface area (Å²) < 4.78 is 0. The van der Waals surface area contributed by atoms with E-state index in [4.69, 9.17) is 0 Å². The summed E-state index contributed by atoms with van der Waals surface area (Å²) >= 11 is 0. The highest BCUT2D eigenvalue weighted by Gasteiger charge is 2.16. The molecule has 5 fully saturated rings. The topological polar surface area (TPSA) is 70.8 Å². The van der Waals surface area contributed by atoms with Gasteiger partial charge in [0.2, 0.25) is 0 Å². The zero-order valence-corrected chi connectivity index (χ0v) is 33.1. The molecule has 0 atom stereocenters. The van der Waals surface area contributed by atoms with Gasteiger partial charge in [-0.15, -0.1) is 0 Å². The number of hydrogen-bond acceptors (Lipinski definition) is 11. The largest absolute Gasteiger partial charge is 0.319 e. The minimum absolute atomic E-state index is 0.779. The van der Waals surface area contributed by atoms with Crippen molar-refractivity contribution in [2.24, 2.45) is 5.92 Å². The molecule has 0 aliphatic carbocycles. The number of likely N-dealkylation sites (tertiary alicyclic amines) is 3. The Hall–Kier alpha value is -0.440. The summed E-state index contributed by atoms with van der Waals surface area (Å²) in [5, 5.41) is 13.0. The molecule has 282 valence electrons. The van der Waals surface area contributed by atoms with Crippen LogP contribution in [0.25, 0.3) is 0 Å². The smallest absolute Gasteiger partial charge is 0.0110 e. The van der Waals surface area contributed by atoms with Crippen LogP contribution in [-0.4, -0.2) is 228 Å². The Morgan fingerprint density at radius 3 is 1.04 bits per heavy atom. The van der Waals surface area contributed by atoms with Gasteiger partial charge in [0.25, 0.3) is 0 Å². The average molecular weight is 670 g/mol. The lowest BCUT2D eigenvalue weighted by molar-refractivity contribution is 0.155. The normalized spacial score (nSPS) is 24.1. The molecule has 0 amide bonds. The van der Waals surface area contributed by atoms with Crippen molar-refractivity contribution in [1.29, 1.82) is 0 Å². The third-order valence-corrected chi connectivity index (χ3v) is 10.6. The van der Waals surface area contributed by atoms with Crippen LogP contribution in [0.15, 0.2) is 0 Å². The summed E-state index contributed by atoms with van der Waals surface area (Å²) in [6.07, 6.45) is 7.99. The maximum atomic E-state index is 3.30. The van der Waals surface area contributed by atoms with Gasteiger partial charge in [0.15, 0.2) is 0 Å². The van der Waals surface area contributed by atoms with Crippen molar-refractivity contribution in [2.45, 2.75) is 50.6 Å². The second-order valence-electron chi connectivity index (χ2n) is 14.9. The quantitative estimate of drug-likeness (QED) is 0.306. The van der Waals surface area contributed by atoms with E-state index < -0.39 is 0 Å². The molecule has 0 saturated carbocycles. The highest BCUT2D eigenvalue weighted by molar-refractivity contribution is 4.74. The molecule has 0 aromatic carbocycles. The summed E-state index contributed by atoms with van der Waals surface area (Å²) in [6, 6.07) is 1.56. The Bertz CT molecular complexity index is 627. The molecule has 0 aromatic rings. The fourth-order valence-corrected chi connectivity index (χ4v) is 6.40. The molecule has 0 radical (unpaired) electrons. The van der Waals surface area contributed by atoms with Gasteiger partial charge in [0.1, 0.15) is 0 Å². The molecular weight excluding hydrogens is 586 g/mol. The lowest BCUT2D eigenvalue weighted by atomic mass is 9.97. The second-order valence-corrected chi connectivity index (χ2v) is 14.9. The number of hydrogen-bond donors (Lipinski definition) is 4. The number of likely N-dealkylation sites (N-methyl/N-ethyl adjacent to an activating group) is 4. The zero-order valence-electron chi connectivity index (χ0n) is 33.1. The van der Waals surface area contributed by atoms with Crippen LogP contribution in [0.4, 0.5) is 0 Å². The number of rotatable bonds is 7.